The summed E-state index contributed by atoms with van der Waals surface area (Å²) in [7, 11) is 0. The predicted octanol–water partition coefficient (Wildman–Crippen LogP) is 7.11. The fraction of sp³-hybridized carbons (Fsp3) is 0.857. The van der Waals surface area contributed by atoms with E-state index in [9.17, 15) is 14.4 Å². The smallest absolute Gasteiger partial charge is 0.249 e. The van der Waals surface area contributed by atoms with E-state index in [-0.39, 0.29) is 30.7 Å². The van der Waals surface area contributed by atoms with Gasteiger partial charge in [0.1, 0.15) is 6.10 Å². The molecule has 3 N–H and O–H groups in total. The minimum Gasteiger partial charge on any atom is -0.356 e. The summed E-state index contributed by atoms with van der Waals surface area (Å²) >= 11 is 0. The lowest BCUT2D eigenvalue weighted by molar-refractivity contribution is -0.304. The lowest BCUT2D eigenvalue weighted by atomic mass is 9.85. The highest BCUT2D eigenvalue weighted by atomic mass is 16.7. The van der Waals surface area contributed by atoms with Gasteiger partial charge in [-0.1, -0.05) is 84.3 Å². The first-order valence-electron chi connectivity index (χ1n) is 17.4. The van der Waals surface area contributed by atoms with Crippen molar-refractivity contribution < 1.29 is 23.9 Å². The van der Waals surface area contributed by atoms with E-state index in [0.29, 0.717) is 26.1 Å². The van der Waals surface area contributed by atoms with Crippen molar-refractivity contribution in [3.05, 3.63) is 12.2 Å². The Labute approximate surface area is 263 Å². The van der Waals surface area contributed by atoms with E-state index >= 15 is 0 Å². The van der Waals surface area contributed by atoms with Crippen LogP contribution in [-0.2, 0) is 23.9 Å². The van der Waals surface area contributed by atoms with Crippen LogP contribution < -0.4 is 16.0 Å². The van der Waals surface area contributed by atoms with E-state index in [1.165, 1.54) is 70.6 Å². The molecule has 0 aromatic heterocycles. The Balaban J connectivity index is 1.90. The maximum absolute atomic E-state index is 12.6. The molecule has 0 radical (unpaired) electrons. The van der Waals surface area contributed by atoms with Gasteiger partial charge in [-0.15, -0.1) is 0 Å². The van der Waals surface area contributed by atoms with Gasteiger partial charge in [0, 0.05) is 37.9 Å². The summed E-state index contributed by atoms with van der Waals surface area (Å²) < 4.78 is 11.5. The highest BCUT2D eigenvalue weighted by molar-refractivity contribution is 5.83. The highest BCUT2D eigenvalue weighted by Gasteiger charge is 2.45. The van der Waals surface area contributed by atoms with Crippen molar-refractivity contribution in [2.75, 3.05) is 26.2 Å². The van der Waals surface area contributed by atoms with Crippen LogP contribution >= 0.6 is 0 Å². The molecule has 1 saturated heterocycles. The van der Waals surface area contributed by atoms with E-state index in [4.69, 9.17) is 9.47 Å². The molecule has 0 spiro atoms. The fourth-order valence-corrected chi connectivity index (χ4v) is 5.13. The number of carbonyl (C=O) groups is 3. The number of amides is 3. The molecule has 43 heavy (non-hydrogen) atoms. The summed E-state index contributed by atoms with van der Waals surface area (Å²) in [5.74, 6) is -0.956. The van der Waals surface area contributed by atoms with Crippen LogP contribution in [-0.4, -0.2) is 55.9 Å². The van der Waals surface area contributed by atoms with Gasteiger partial charge in [0.15, 0.2) is 5.79 Å². The highest BCUT2D eigenvalue weighted by Crippen LogP contribution is 2.34. The zero-order valence-electron chi connectivity index (χ0n) is 28.3. The van der Waals surface area contributed by atoms with Gasteiger partial charge < -0.3 is 25.4 Å². The number of nitrogens with one attached hydrogen (secondary N) is 3. The van der Waals surface area contributed by atoms with Crippen LogP contribution in [0.5, 0.6) is 0 Å². The monoisotopic (exact) mass is 607 g/mol. The van der Waals surface area contributed by atoms with Crippen LogP contribution in [0.15, 0.2) is 12.2 Å². The third-order valence-corrected chi connectivity index (χ3v) is 7.96. The molecule has 0 aromatic carbocycles. The lowest BCUT2D eigenvalue weighted by Gasteiger charge is -2.44. The molecule has 1 aliphatic rings. The number of unbranched alkanes of at least 4 members (excludes halogenated alkanes) is 13. The van der Waals surface area contributed by atoms with E-state index < -0.39 is 17.3 Å². The van der Waals surface area contributed by atoms with E-state index in [1.54, 1.807) is 13.8 Å². The molecular weight excluding hydrogens is 542 g/mol. The number of allylic oxidation sites excluding steroid dienone is 2. The van der Waals surface area contributed by atoms with Crippen molar-refractivity contribution >= 4 is 17.7 Å². The number of carbonyl (C=O) groups excluding carboxylic acids is 3. The van der Waals surface area contributed by atoms with Crippen LogP contribution in [0.25, 0.3) is 0 Å². The summed E-state index contributed by atoms with van der Waals surface area (Å²) in [6.45, 7) is 11.7. The Bertz CT molecular complexity index is 796. The maximum atomic E-state index is 12.6. The van der Waals surface area contributed by atoms with Crippen molar-refractivity contribution in [2.45, 2.75) is 162 Å². The second-order valence-electron chi connectivity index (χ2n) is 13.3. The quantitative estimate of drug-likeness (QED) is 0.0758. The number of ether oxygens (including phenoxy) is 2. The fourth-order valence-electron chi connectivity index (χ4n) is 5.13. The Morgan fingerprint density at radius 2 is 1.16 bits per heavy atom. The minimum absolute atomic E-state index is 0.0824. The third-order valence-electron chi connectivity index (χ3n) is 7.96. The summed E-state index contributed by atoms with van der Waals surface area (Å²) in [5, 5.41) is 8.74. The zero-order valence-corrected chi connectivity index (χ0v) is 28.3. The molecule has 1 unspecified atom stereocenters. The SMILES string of the molecule is CCCCCCCCC=CCCCCCCCC(=O)NCCCCCNC(=O)CCNC(=O)C1OC(C)(C)OCC1(C)C. The van der Waals surface area contributed by atoms with E-state index in [1.807, 2.05) is 13.8 Å². The molecule has 8 heteroatoms. The molecule has 0 bridgehead atoms. The molecule has 3 amide bonds. The predicted molar refractivity (Wildman–Crippen MR) is 176 cm³/mol. The molecule has 1 heterocycles. The van der Waals surface area contributed by atoms with Crippen molar-refractivity contribution in [1.29, 1.82) is 0 Å². The molecule has 8 nitrogen and oxygen atoms in total. The number of hydrogen-bond acceptors (Lipinski definition) is 5. The Kier molecular flexibility index (Phi) is 21.3. The van der Waals surface area contributed by atoms with Gasteiger partial charge >= 0.3 is 0 Å². The molecule has 0 aliphatic carbocycles. The van der Waals surface area contributed by atoms with Gasteiger partial charge in [0.2, 0.25) is 17.7 Å². The number of hydrogen-bond donors (Lipinski definition) is 3. The van der Waals surface area contributed by atoms with Crippen LogP contribution in [0, 0.1) is 5.41 Å². The van der Waals surface area contributed by atoms with E-state index in [0.717, 1.165) is 32.1 Å². The zero-order chi connectivity index (χ0) is 31.8. The van der Waals surface area contributed by atoms with Crippen LogP contribution in [0.2, 0.25) is 0 Å². The Morgan fingerprint density at radius 3 is 1.77 bits per heavy atom. The molecule has 1 rings (SSSR count). The van der Waals surface area contributed by atoms with E-state index in [2.05, 4.69) is 35.0 Å². The first-order valence-corrected chi connectivity index (χ1v) is 17.4. The van der Waals surface area contributed by atoms with Gasteiger partial charge in [0.25, 0.3) is 0 Å². The molecule has 0 saturated carbocycles. The van der Waals surface area contributed by atoms with Crippen molar-refractivity contribution in [3.8, 4) is 0 Å². The maximum Gasteiger partial charge on any atom is 0.249 e. The molecule has 1 fully saturated rings. The first kappa shape index (κ1) is 39.1. The summed E-state index contributed by atoms with van der Waals surface area (Å²) in [5.41, 5.74) is -0.439. The van der Waals surface area contributed by atoms with Crippen LogP contribution in [0.4, 0.5) is 0 Å². The van der Waals surface area contributed by atoms with Gasteiger partial charge in [0.05, 0.1) is 6.61 Å². The minimum atomic E-state index is -0.804. The Morgan fingerprint density at radius 1 is 0.651 bits per heavy atom. The normalized spacial score (nSPS) is 17.6. The van der Waals surface area contributed by atoms with Gasteiger partial charge in [-0.25, -0.2) is 0 Å². The second kappa shape index (κ2) is 23.5. The molecule has 250 valence electrons. The number of rotatable bonds is 25. The second-order valence-corrected chi connectivity index (χ2v) is 13.3. The molecule has 1 aliphatic heterocycles. The van der Waals surface area contributed by atoms with Gasteiger partial charge in [-0.2, -0.15) is 0 Å². The van der Waals surface area contributed by atoms with Crippen molar-refractivity contribution in [3.63, 3.8) is 0 Å². The van der Waals surface area contributed by atoms with Gasteiger partial charge in [-0.3, -0.25) is 14.4 Å². The van der Waals surface area contributed by atoms with Crippen LogP contribution in [0.3, 0.4) is 0 Å². The lowest BCUT2D eigenvalue weighted by Crippen LogP contribution is -2.56. The Hall–Kier alpha value is -1.93. The largest absolute Gasteiger partial charge is 0.356 e. The summed E-state index contributed by atoms with van der Waals surface area (Å²) in [6, 6.07) is 0. The first-order chi connectivity index (χ1) is 20.6. The third kappa shape index (κ3) is 20.6. The van der Waals surface area contributed by atoms with Gasteiger partial charge in [-0.05, 0) is 65.2 Å². The average Bonchev–Trinajstić information content (AvgIpc) is 2.96. The van der Waals surface area contributed by atoms with Crippen LogP contribution in [0.1, 0.15) is 150 Å². The average molecular weight is 608 g/mol. The van der Waals surface area contributed by atoms with Crippen molar-refractivity contribution in [2.24, 2.45) is 5.41 Å². The topological polar surface area (TPSA) is 106 Å². The summed E-state index contributed by atoms with van der Waals surface area (Å²) in [4.78, 5) is 36.8. The molecule has 1 atom stereocenters. The summed E-state index contributed by atoms with van der Waals surface area (Å²) in [6.07, 6.45) is 24.0. The van der Waals surface area contributed by atoms with Crippen molar-refractivity contribution in [1.82, 2.24) is 16.0 Å². The molecule has 0 aromatic rings. The standard InChI is InChI=1S/C35H65N3O5/c1-6-7-8-9-10-11-12-13-14-15-16-17-18-19-21-24-30(39)36-26-22-20-23-27-37-31(40)25-28-38-33(41)32-34(2,3)29-42-35(4,5)43-32/h13-14,32H,6-12,15-29H2,1-5H3,(H,36,39)(H,37,40)(H,38,41). The molecular formula is C35H65N3O5.